The van der Waals surface area contributed by atoms with E-state index in [4.69, 9.17) is 10.00 Å². The van der Waals surface area contributed by atoms with Crippen molar-refractivity contribution in [1.82, 2.24) is 0 Å². The minimum Gasteiger partial charge on any atom is -0.382 e. The fourth-order valence-electron chi connectivity index (χ4n) is 2.23. The summed E-state index contributed by atoms with van der Waals surface area (Å²) in [5, 5.41) is 12.3. The average Bonchev–Trinajstić information content (AvgIpc) is 2.89. The van der Waals surface area contributed by atoms with Gasteiger partial charge in [0.25, 0.3) is 0 Å². The highest BCUT2D eigenvalue weighted by molar-refractivity contribution is 9.10. The van der Waals surface area contributed by atoms with Gasteiger partial charge in [-0.1, -0.05) is 28.8 Å². The number of nitrogens with zero attached hydrogens (tertiary/aromatic N) is 1. The molecule has 2 rings (SSSR count). The molecule has 1 aromatic rings. The van der Waals surface area contributed by atoms with Crippen molar-refractivity contribution in [1.29, 1.82) is 5.26 Å². The van der Waals surface area contributed by atoms with E-state index >= 15 is 0 Å². The molecule has 1 aromatic carbocycles. The smallest absolute Gasteiger partial charge is 0.101 e. The van der Waals surface area contributed by atoms with Gasteiger partial charge in [0.15, 0.2) is 0 Å². The van der Waals surface area contributed by atoms with Gasteiger partial charge in [-0.05, 0) is 31.0 Å². The number of hydrogen-bond donors (Lipinski definition) is 1. The van der Waals surface area contributed by atoms with Crippen LogP contribution in [0.25, 0.3) is 0 Å². The monoisotopic (exact) mass is 308 g/mol. The van der Waals surface area contributed by atoms with Gasteiger partial charge in [0, 0.05) is 11.0 Å². The third-order valence-electron chi connectivity index (χ3n) is 3.18. The van der Waals surface area contributed by atoms with Crippen LogP contribution in [-0.2, 0) is 4.74 Å². The highest BCUT2D eigenvalue weighted by Crippen LogP contribution is 2.21. The summed E-state index contributed by atoms with van der Waals surface area (Å²) >= 11 is 3.36. The Morgan fingerprint density at radius 2 is 2.17 bits per heavy atom. The predicted octanol–water partition coefficient (Wildman–Crippen LogP) is 3.69. The summed E-state index contributed by atoms with van der Waals surface area (Å²) in [5.41, 5.74) is 1.53. The third kappa shape index (κ3) is 3.72. The summed E-state index contributed by atoms with van der Waals surface area (Å²) in [6.45, 7) is 1.44. The van der Waals surface area contributed by atoms with Crippen molar-refractivity contribution in [3.8, 4) is 6.07 Å². The maximum Gasteiger partial charge on any atom is 0.101 e. The van der Waals surface area contributed by atoms with E-state index in [1.54, 1.807) is 0 Å². The summed E-state index contributed by atoms with van der Waals surface area (Å²) in [7, 11) is 0. The van der Waals surface area contributed by atoms with Crippen LogP contribution in [0.2, 0.25) is 0 Å². The molecule has 1 aliphatic carbocycles. The van der Waals surface area contributed by atoms with Gasteiger partial charge in [0.2, 0.25) is 0 Å². The van der Waals surface area contributed by atoms with Gasteiger partial charge >= 0.3 is 0 Å². The highest BCUT2D eigenvalue weighted by atomic mass is 79.9. The molecule has 1 aliphatic rings. The lowest BCUT2D eigenvalue weighted by Crippen LogP contribution is -2.15. The molecule has 18 heavy (non-hydrogen) atoms. The Balaban J connectivity index is 1.77. The van der Waals surface area contributed by atoms with Crippen LogP contribution < -0.4 is 5.32 Å². The molecule has 0 radical (unpaired) electrons. The van der Waals surface area contributed by atoms with E-state index in [1.165, 1.54) is 25.7 Å². The van der Waals surface area contributed by atoms with Crippen LogP contribution in [0.15, 0.2) is 22.7 Å². The first kappa shape index (κ1) is 13.4. The SMILES string of the molecule is N#Cc1cc(Br)ccc1NCCOC1CCCC1. The Morgan fingerprint density at radius 1 is 1.39 bits per heavy atom. The Bertz CT molecular complexity index is 436. The molecule has 0 atom stereocenters. The van der Waals surface area contributed by atoms with Crippen LogP contribution in [0.3, 0.4) is 0 Å². The van der Waals surface area contributed by atoms with Crippen LogP contribution in [0, 0.1) is 11.3 Å². The molecule has 3 nitrogen and oxygen atoms in total. The number of rotatable bonds is 5. The number of anilines is 1. The molecule has 1 N–H and O–H groups in total. The second-order valence-corrected chi connectivity index (χ2v) is 5.42. The molecular formula is C14H17BrN2O. The van der Waals surface area contributed by atoms with Crippen molar-refractivity contribution in [2.45, 2.75) is 31.8 Å². The van der Waals surface area contributed by atoms with Crippen molar-refractivity contribution in [2.75, 3.05) is 18.5 Å². The molecule has 0 aliphatic heterocycles. The molecule has 96 valence electrons. The van der Waals surface area contributed by atoms with Crippen molar-refractivity contribution in [3.63, 3.8) is 0 Å². The van der Waals surface area contributed by atoms with E-state index in [1.807, 2.05) is 18.2 Å². The Morgan fingerprint density at radius 3 is 2.89 bits per heavy atom. The predicted molar refractivity (Wildman–Crippen MR) is 75.6 cm³/mol. The minimum absolute atomic E-state index is 0.451. The number of benzene rings is 1. The van der Waals surface area contributed by atoms with Crippen molar-refractivity contribution in [3.05, 3.63) is 28.2 Å². The van der Waals surface area contributed by atoms with Crippen molar-refractivity contribution >= 4 is 21.6 Å². The normalized spacial score (nSPS) is 15.6. The third-order valence-corrected chi connectivity index (χ3v) is 3.67. The van der Waals surface area contributed by atoms with E-state index in [9.17, 15) is 0 Å². The minimum atomic E-state index is 0.451. The van der Waals surface area contributed by atoms with E-state index < -0.39 is 0 Å². The zero-order valence-electron chi connectivity index (χ0n) is 10.3. The van der Waals surface area contributed by atoms with Gasteiger partial charge in [-0.15, -0.1) is 0 Å². The first-order valence-corrected chi connectivity index (χ1v) is 7.14. The van der Waals surface area contributed by atoms with E-state index in [2.05, 4.69) is 27.3 Å². The molecule has 0 bridgehead atoms. The zero-order valence-corrected chi connectivity index (χ0v) is 11.9. The first-order valence-electron chi connectivity index (χ1n) is 6.35. The highest BCUT2D eigenvalue weighted by Gasteiger charge is 2.14. The van der Waals surface area contributed by atoms with Crippen molar-refractivity contribution < 1.29 is 4.74 Å². The molecular weight excluding hydrogens is 292 g/mol. The van der Waals surface area contributed by atoms with Crippen molar-refractivity contribution in [2.24, 2.45) is 0 Å². The van der Waals surface area contributed by atoms with Gasteiger partial charge in [0.1, 0.15) is 6.07 Å². The number of nitriles is 1. The van der Waals surface area contributed by atoms with Gasteiger partial charge in [-0.3, -0.25) is 0 Å². The number of ether oxygens (including phenoxy) is 1. The van der Waals surface area contributed by atoms with Crippen LogP contribution >= 0.6 is 15.9 Å². The second kappa shape index (κ2) is 6.77. The molecule has 4 heteroatoms. The zero-order chi connectivity index (χ0) is 12.8. The molecule has 0 spiro atoms. The van der Waals surface area contributed by atoms with Crippen LogP contribution in [0.5, 0.6) is 0 Å². The Labute approximate surface area is 116 Å². The second-order valence-electron chi connectivity index (χ2n) is 4.51. The molecule has 0 saturated heterocycles. The topological polar surface area (TPSA) is 45.0 Å². The van der Waals surface area contributed by atoms with Gasteiger partial charge < -0.3 is 10.1 Å². The van der Waals surface area contributed by atoms with E-state index in [0.717, 1.165) is 16.7 Å². The van der Waals surface area contributed by atoms with Gasteiger partial charge in [0.05, 0.1) is 24.0 Å². The summed E-state index contributed by atoms with van der Waals surface area (Å²) < 4.78 is 6.69. The van der Waals surface area contributed by atoms with Crippen LogP contribution in [-0.4, -0.2) is 19.3 Å². The number of hydrogen-bond acceptors (Lipinski definition) is 3. The van der Waals surface area contributed by atoms with Crippen LogP contribution in [0.1, 0.15) is 31.2 Å². The van der Waals surface area contributed by atoms with E-state index in [0.29, 0.717) is 18.3 Å². The van der Waals surface area contributed by atoms with Gasteiger partial charge in [-0.2, -0.15) is 5.26 Å². The number of halogens is 1. The number of nitrogens with one attached hydrogen (secondary N) is 1. The Kier molecular flexibility index (Phi) is 5.03. The molecule has 0 amide bonds. The van der Waals surface area contributed by atoms with Gasteiger partial charge in [-0.25, -0.2) is 0 Å². The largest absolute Gasteiger partial charge is 0.382 e. The molecule has 0 heterocycles. The first-order chi connectivity index (χ1) is 8.79. The summed E-state index contributed by atoms with van der Waals surface area (Å²) in [6.07, 6.45) is 5.43. The lowest BCUT2D eigenvalue weighted by molar-refractivity contribution is 0.0659. The maximum atomic E-state index is 9.03. The fraction of sp³-hybridized carbons (Fsp3) is 0.500. The quantitative estimate of drug-likeness (QED) is 0.844. The fourth-order valence-corrected chi connectivity index (χ4v) is 2.59. The molecule has 1 fully saturated rings. The lowest BCUT2D eigenvalue weighted by Gasteiger charge is -2.12. The summed E-state index contributed by atoms with van der Waals surface area (Å²) in [5.74, 6) is 0. The summed E-state index contributed by atoms with van der Waals surface area (Å²) in [4.78, 5) is 0. The molecule has 0 unspecified atom stereocenters. The molecule has 0 aromatic heterocycles. The van der Waals surface area contributed by atoms with E-state index in [-0.39, 0.29) is 0 Å². The van der Waals surface area contributed by atoms with Crippen LogP contribution in [0.4, 0.5) is 5.69 Å². The standard InChI is InChI=1S/C14H17BrN2O/c15-12-5-6-14(11(9-12)10-16)17-7-8-18-13-3-1-2-4-13/h5-6,9,13,17H,1-4,7-8H2. The maximum absolute atomic E-state index is 9.03. The average molecular weight is 309 g/mol. The Hall–Kier alpha value is -1.05. The molecule has 1 saturated carbocycles. The summed E-state index contributed by atoms with van der Waals surface area (Å²) in [6, 6.07) is 7.85. The lowest BCUT2D eigenvalue weighted by atomic mass is 10.2.